The van der Waals surface area contributed by atoms with Gasteiger partial charge in [-0.2, -0.15) is 5.10 Å². The van der Waals surface area contributed by atoms with Crippen LogP contribution in [0.1, 0.15) is 27.0 Å². The lowest BCUT2D eigenvalue weighted by Crippen LogP contribution is -2.39. The van der Waals surface area contributed by atoms with E-state index in [4.69, 9.17) is 15.8 Å². The van der Waals surface area contributed by atoms with Gasteiger partial charge >= 0.3 is 0 Å². The van der Waals surface area contributed by atoms with Gasteiger partial charge in [-0.15, -0.1) is 0 Å². The predicted octanol–water partition coefficient (Wildman–Crippen LogP) is 7.19. The number of aromatic nitrogens is 3. The molecule has 1 amide bonds. The van der Waals surface area contributed by atoms with Gasteiger partial charge in [0.25, 0.3) is 5.91 Å². The standard InChI is InChI=1S/C36H26N4O/c37-35(41)31-22-23-38-33-32(27-21-20-25-12-10-11-13-26(25)24-27)39-40(34(31)33)36(28-14-4-1-5-15-28,29-16-6-2-7-17-29)30-18-8-3-9-19-30/h1-24H,(H2,37,41). The van der Waals surface area contributed by atoms with E-state index < -0.39 is 11.4 Å². The third kappa shape index (κ3) is 3.90. The van der Waals surface area contributed by atoms with Crippen molar-refractivity contribution in [3.8, 4) is 11.3 Å². The highest BCUT2D eigenvalue weighted by Crippen LogP contribution is 2.44. The Labute approximate surface area is 237 Å². The largest absolute Gasteiger partial charge is 0.366 e. The highest BCUT2D eigenvalue weighted by molar-refractivity contribution is 6.07. The molecule has 0 unspecified atom stereocenters. The number of hydrogen-bond acceptors (Lipinski definition) is 3. The van der Waals surface area contributed by atoms with E-state index in [9.17, 15) is 4.79 Å². The van der Waals surface area contributed by atoms with Gasteiger partial charge in [-0.1, -0.05) is 127 Å². The molecular weight excluding hydrogens is 504 g/mol. The summed E-state index contributed by atoms with van der Waals surface area (Å²) < 4.78 is 1.96. The summed E-state index contributed by atoms with van der Waals surface area (Å²) >= 11 is 0. The summed E-state index contributed by atoms with van der Waals surface area (Å²) in [6.07, 6.45) is 1.63. The Balaban J connectivity index is 1.67. The molecule has 196 valence electrons. The fraction of sp³-hybridized carbons (Fsp3) is 0.0278. The van der Waals surface area contributed by atoms with Gasteiger partial charge < -0.3 is 5.73 Å². The van der Waals surface area contributed by atoms with Gasteiger partial charge in [0, 0.05) is 11.8 Å². The van der Waals surface area contributed by atoms with Crippen LogP contribution in [0, 0.1) is 0 Å². The predicted molar refractivity (Wildman–Crippen MR) is 164 cm³/mol. The minimum Gasteiger partial charge on any atom is -0.366 e. The van der Waals surface area contributed by atoms with E-state index in [0.717, 1.165) is 33.0 Å². The maximum atomic E-state index is 13.0. The van der Waals surface area contributed by atoms with Crippen LogP contribution in [-0.2, 0) is 5.54 Å². The highest BCUT2D eigenvalue weighted by Gasteiger charge is 2.42. The van der Waals surface area contributed by atoms with E-state index in [1.807, 2.05) is 71.4 Å². The highest BCUT2D eigenvalue weighted by atomic mass is 16.1. The topological polar surface area (TPSA) is 73.8 Å². The van der Waals surface area contributed by atoms with Crippen LogP contribution in [0.2, 0.25) is 0 Å². The second-order valence-corrected chi connectivity index (χ2v) is 10.1. The number of hydrogen-bond donors (Lipinski definition) is 1. The summed E-state index contributed by atoms with van der Waals surface area (Å²) in [7, 11) is 0. The van der Waals surface area contributed by atoms with Crippen LogP contribution in [0.15, 0.2) is 146 Å². The summed E-state index contributed by atoms with van der Waals surface area (Å²) in [5.41, 5.74) is 11.2. The Morgan fingerprint density at radius 2 is 1.17 bits per heavy atom. The average Bonchev–Trinajstić information content (AvgIpc) is 3.43. The first-order valence-corrected chi connectivity index (χ1v) is 13.5. The average molecular weight is 531 g/mol. The minimum absolute atomic E-state index is 0.363. The molecule has 0 radical (unpaired) electrons. The number of primary amides is 1. The second kappa shape index (κ2) is 9.88. The molecule has 0 bridgehead atoms. The fourth-order valence-electron chi connectivity index (χ4n) is 5.92. The zero-order valence-corrected chi connectivity index (χ0v) is 22.2. The monoisotopic (exact) mass is 530 g/mol. The third-order valence-electron chi connectivity index (χ3n) is 7.74. The normalized spacial score (nSPS) is 11.6. The van der Waals surface area contributed by atoms with Crippen molar-refractivity contribution in [1.82, 2.24) is 14.8 Å². The second-order valence-electron chi connectivity index (χ2n) is 10.1. The smallest absolute Gasteiger partial charge is 0.251 e. The number of amides is 1. The summed E-state index contributed by atoms with van der Waals surface area (Å²) in [6, 6.07) is 46.9. The number of rotatable bonds is 6. The van der Waals surface area contributed by atoms with Crippen molar-refractivity contribution in [2.75, 3.05) is 0 Å². The molecule has 2 N–H and O–H groups in total. The molecule has 0 fully saturated rings. The first-order chi connectivity index (χ1) is 20.2. The van der Waals surface area contributed by atoms with Crippen LogP contribution in [0.25, 0.3) is 33.1 Å². The van der Waals surface area contributed by atoms with Crippen molar-refractivity contribution in [2.45, 2.75) is 5.54 Å². The van der Waals surface area contributed by atoms with Crippen molar-refractivity contribution in [1.29, 1.82) is 0 Å². The van der Waals surface area contributed by atoms with Crippen LogP contribution >= 0.6 is 0 Å². The van der Waals surface area contributed by atoms with Gasteiger partial charge in [0.1, 0.15) is 22.3 Å². The summed E-state index contributed by atoms with van der Waals surface area (Å²) in [5, 5.41) is 7.59. The first kappa shape index (κ1) is 24.5. The third-order valence-corrected chi connectivity index (χ3v) is 7.74. The Bertz CT molecular complexity index is 1920. The van der Waals surface area contributed by atoms with Crippen molar-refractivity contribution in [2.24, 2.45) is 5.73 Å². The van der Waals surface area contributed by atoms with E-state index in [2.05, 4.69) is 66.7 Å². The molecule has 2 heterocycles. The Kier molecular flexibility index (Phi) is 5.90. The number of fused-ring (bicyclic) bond motifs is 2. The number of carbonyl (C=O) groups is 1. The Morgan fingerprint density at radius 3 is 1.73 bits per heavy atom. The summed E-state index contributed by atoms with van der Waals surface area (Å²) in [4.78, 5) is 17.8. The molecule has 2 aromatic heterocycles. The van der Waals surface area contributed by atoms with Crippen molar-refractivity contribution in [3.63, 3.8) is 0 Å². The molecule has 5 aromatic carbocycles. The number of benzene rings is 5. The number of nitrogens with two attached hydrogens (primary N) is 1. The molecule has 7 aromatic rings. The molecule has 0 saturated heterocycles. The number of pyridine rings is 1. The SMILES string of the molecule is NC(=O)c1ccnc2c(-c3ccc4ccccc4c3)nn(C(c3ccccc3)(c3ccccc3)c3ccccc3)c12. The molecule has 0 saturated carbocycles. The van der Waals surface area contributed by atoms with Gasteiger partial charge in [0.05, 0.1) is 5.56 Å². The van der Waals surface area contributed by atoms with Gasteiger partial charge in [-0.3, -0.25) is 9.78 Å². The summed E-state index contributed by atoms with van der Waals surface area (Å²) in [5.74, 6) is -0.535. The zero-order chi connectivity index (χ0) is 27.8. The van der Waals surface area contributed by atoms with Crippen LogP contribution < -0.4 is 5.73 Å². The van der Waals surface area contributed by atoms with E-state index in [-0.39, 0.29) is 0 Å². The first-order valence-electron chi connectivity index (χ1n) is 13.5. The van der Waals surface area contributed by atoms with Crippen molar-refractivity contribution in [3.05, 3.63) is 168 Å². The van der Waals surface area contributed by atoms with Gasteiger partial charge in [0.15, 0.2) is 0 Å². The van der Waals surface area contributed by atoms with E-state index in [1.165, 1.54) is 0 Å². The quantitative estimate of drug-likeness (QED) is 0.231. The molecule has 0 atom stereocenters. The number of nitrogens with zero attached hydrogens (tertiary/aromatic N) is 3. The van der Waals surface area contributed by atoms with E-state index in [0.29, 0.717) is 22.3 Å². The molecule has 0 spiro atoms. The van der Waals surface area contributed by atoms with Gasteiger partial charge in [0.2, 0.25) is 0 Å². The molecule has 0 aliphatic heterocycles. The Morgan fingerprint density at radius 1 is 0.634 bits per heavy atom. The Hall–Kier alpha value is -5.55. The molecule has 5 nitrogen and oxygen atoms in total. The van der Waals surface area contributed by atoms with E-state index in [1.54, 1.807) is 12.3 Å². The minimum atomic E-state index is -0.940. The van der Waals surface area contributed by atoms with E-state index >= 15 is 0 Å². The molecule has 0 aliphatic carbocycles. The number of carbonyl (C=O) groups excluding carboxylic acids is 1. The van der Waals surface area contributed by atoms with Crippen LogP contribution in [0.3, 0.4) is 0 Å². The molecular formula is C36H26N4O. The van der Waals surface area contributed by atoms with Crippen molar-refractivity contribution >= 4 is 27.7 Å². The molecule has 41 heavy (non-hydrogen) atoms. The van der Waals surface area contributed by atoms with Crippen LogP contribution in [-0.4, -0.2) is 20.7 Å². The lowest BCUT2D eigenvalue weighted by molar-refractivity contribution is 0.100. The zero-order valence-electron chi connectivity index (χ0n) is 22.2. The molecule has 0 aliphatic rings. The fourth-order valence-corrected chi connectivity index (χ4v) is 5.92. The maximum Gasteiger partial charge on any atom is 0.251 e. The molecule has 5 heteroatoms. The lowest BCUT2D eigenvalue weighted by atomic mass is 9.77. The molecule has 7 rings (SSSR count). The van der Waals surface area contributed by atoms with Gasteiger partial charge in [-0.05, 0) is 39.6 Å². The lowest BCUT2D eigenvalue weighted by Gasteiger charge is -2.37. The van der Waals surface area contributed by atoms with Crippen molar-refractivity contribution < 1.29 is 4.79 Å². The van der Waals surface area contributed by atoms with Crippen LogP contribution in [0.4, 0.5) is 0 Å². The maximum absolute atomic E-state index is 13.0. The summed E-state index contributed by atoms with van der Waals surface area (Å²) in [6.45, 7) is 0. The van der Waals surface area contributed by atoms with Crippen LogP contribution in [0.5, 0.6) is 0 Å². The van der Waals surface area contributed by atoms with Gasteiger partial charge in [-0.25, -0.2) is 4.68 Å².